The zero-order chi connectivity index (χ0) is 16.9. The van der Waals surface area contributed by atoms with Gasteiger partial charge < -0.3 is 15.5 Å². The Labute approximate surface area is 140 Å². The van der Waals surface area contributed by atoms with Gasteiger partial charge >= 0.3 is 0 Å². The Bertz CT molecular complexity index is 737. The van der Waals surface area contributed by atoms with Crippen molar-refractivity contribution >= 4 is 28.9 Å². The van der Waals surface area contributed by atoms with Crippen LogP contribution in [-0.4, -0.2) is 29.9 Å². The van der Waals surface area contributed by atoms with Crippen LogP contribution in [0.4, 0.5) is 17.1 Å². The molecule has 1 aliphatic heterocycles. The SMILES string of the molecule is CC(=O)Nc1ccc(NC(=O)c2cncc(N3CCCC3)c2)cc1. The number of benzene rings is 1. The lowest BCUT2D eigenvalue weighted by atomic mass is 10.2. The van der Waals surface area contributed by atoms with Gasteiger partial charge in [-0.05, 0) is 43.2 Å². The second-order valence-corrected chi connectivity index (χ2v) is 5.84. The Morgan fingerprint density at radius 3 is 2.25 bits per heavy atom. The molecular formula is C18H20N4O2. The van der Waals surface area contributed by atoms with E-state index in [0.717, 1.165) is 18.8 Å². The Balaban J connectivity index is 1.68. The molecule has 0 aliphatic carbocycles. The fourth-order valence-electron chi connectivity index (χ4n) is 2.74. The minimum atomic E-state index is -0.198. The molecule has 2 N–H and O–H groups in total. The standard InChI is InChI=1S/C18H20N4O2/c1-13(23)20-15-4-6-16(7-5-15)21-18(24)14-10-17(12-19-11-14)22-8-2-3-9-22/h4-7,10-12H,2-3,8-9H2,1H3,(H,20,23)(H,21,24). The zero-order valence-electron chi connectivity index (χ0n) is 13.6. The van der Waals surface area contributed by atoms with Crippen molar-refractivity contribution in [1.29, 1.82) is 0 Å². The van der Waals surface area contributed by atoms with Gasteiger partial charge in [0, 0.05) is 37.6 Å². The topological polar surface area (TPSA) is 74.3 Å². The van der Waals surface area contributed by atoms with Gasteiger partial charge in [0.15, 0.2) is 0 Å². The van der Waals surface area contributed by atoms with Crippen LogP contribution in [0, 0.1) is 0 Å². The summed E-state index contributed by atoms with van der Waals surface area (Å²) in [7, 11) is 0. The second kappa shape index (κ2) is 7.12. The molecule has 124 valence electrons. The fourth-order valence-corrected chi connectivity index (χ4v) is 2.74. The summed E-state index contributed by atoms with van der Waals surface area (Å²) in [5.41, 5.74) is 2.88. The predicted molar refractivity (Wildman–Crippen MR) is 94.4 cm³/mol. The number of nitrogens with zero attached hydrogens (tertiary/aromatic N) is 2. The van der Waals surface area contributed by atoms with Crippen molar-refractivity contribution in [2.45, 2.75) is 19.8 Å². The third-order valence-electron chi connectivity index (χ3n) is 3.92. The number of rotatable bonds is 4. The molecule has 1 aliphatic rings. The van der Waals surface area contributed by atoms with Crippen molar-refractivity contribution in [3.8, 4) is 0 Å². The number of anilines is 3. The second-order valence-electron chi connectivity index (χ2n) is 5.84. The predicted octanol–water partition coefficient (Wildman–Crippen LogP) is 2.89. The molecule has 0 bridgehead atoms. The van der Waals surface area contributed by atoms with Crippen LogP contribution in [0.15, 0.2) is 42.7 Å². The summed E-state index contributed by atoms with van der Waals surface area (Å²) < 4.78 is 0. The lowest BCUT2D eigenvalue weighted by Gasteiger charge is -2.17. The first kappa shape index (κ1) is 16.0. The van der Waals surface area contributed by atoms with Crippen LogP contribution in [0.2, 0.25) is 0 Å². The summed E-state index contributed by atoms with van der Waals surface area (Å²) in [6, 6.07) is 8.87. The number of hydrogen-bond acceptors (Lipinski definition) is 4. The van der Waals surface area contributed by atoms with Crippen molar-refractivity contribution < 1.29 is 9.59 Å². The third-order valence-corrected chi connectivity index (χ3v) is 3.92. The lowest BCUT2D eigenvalue weighted by Crippen LogP contribution is -2.19. The van der Waals surface area contributed by atoms with E-state index >= 15 is 0 Å². The molecule has 0 spiro atoms. The van der Waals surface area contributed by atoms with Gasteiger partial charge in [-0.3, -0.25) is 14.6 Å². The Kier molecular flexibility index (Phi) is 4.74. The Hall–Kier alpha value is -2.89. The van der Waals surface area contributed by atoms with E-state index < -0.39 is 0 Å². The molecule has 0 radical (unpaired) electrons. The lowest BCUT2D eigenvalue weighted by molar-refractivity contribution is -0.114. The molecule has 2 heterocycles. The van der Waals surface area contributed by atoms with Crippen LogP contribution in [0.5, 0.6) is 0 Å². The van der Waals surface area contributed by atoms with Crippen molar-refractivity contribution in [2.75, 3.05) is 28.6 Å². The Morgan fingerprint density at radius 2 is 1.62 bits per heavy atom. The molecule has 1 aromatic heterocycles. The van der Waals surface area contributed by atoms with Crippen LogP contribution in [0.1, 0.15) is 30.1 Å². The average molecular weight is 324 g/mol. The summed E-state index contributed by atoms with van der Waals surface area (Å²) in [6.45, 7) is 3.48. The zero-order valence-corrected chi connectivity index (χ0v) is 13.6. The van der Waals surface area contributed by atoms with Gasteiger partial charge in [0.2, 0.25) is 5.91 Å². The largest absolute Gasteiger partial charge is 0.370 e. The molecule has 6 heteroatoms. The fraction of sp³-hybridized carbons (Fsp3) is 0.278. The van der Waals surface area contributed by atoms with Gasteiger partial charge in [-0.25, -0.2) is 0 Å². The Morgan fingerprint density at radius 1 is 1.00 bits per heavy atom. The van der Waals surface area contributed by atoms with Gasteiger partial charge in [0.25, 0.3) is 5.91 Å². The molecule has 1 saturated heterocycles. The quantitative estimate of drug-likeness (QED) is 0.907. The number of nitrogens with one attached hydrogen (secondary N) is 2. The number of carbonyl (C=O) groups excluding carboxylic acids is 2. The molecule has 2 aromatic rings. The van der Waals surface area contributed by atoms with E-state index in [9.17, 15) is 9.59 Å². The number of amides is 2. The van der Waals surface area contributed by atoms with Gasteiger partial charge in [-0.15, -0.1) is 0 Å². The van der Waals surface area contributed by atoms with Gasteiger partial charge in [0.05, 0.1) is 17.4 Å². The van der Waals surface area contributed by atoms with Crippen molar-refractivity contribution in [3.63, 3.8) is 0 Å². The van der Waals surface area contributed by atoms with Gasteiger partial charge in [0.1, 0.15) is 0 Å². The minimum absolute atomic E-state index is 0.128. The summed E-state index contributed by atoms with van der Waals surface area (Å²) in [5, 5.41) is 5.53. The summed E-state index contributed by atoms with van der Waals surface area (Å²) in [4.78, 5) is 29.8. The number of carbonyl (C=O) groups is 2. The van der Waals surface area contributed by atoms with Crippen LogP contribution in [0.3, 0.4) is 0 Å². The summed E-state index contributed by atoms with van der Waals surface area (Å²) in [5.74, 6) is -0.326. The highest BCUT2D eigenvalue weighted by atomic mass is 16.2. The maximum absolute atomic E-state index is 12.4. The normalized spacial score (nSPS) is 13.6. The maximum atomic E-state index is 12.4. The molecule has 3 rings (SSSR count). The highest BCUT2D eigenvalue weighted by Crippen LogP contribution is 2.21. The van der Waals surface area contributed by atoms with Gasteiger partial charge in [-0.2, -0.15) is 0 Å². The summed E-state index contributed by atoms with van der Waals surface area (Å²) >= 11 is 0. The molecule has 1 aromatic carbocycles. The highest BCUT2D eigenvalue weighted by molar-refractivity contribution is 6.04. The van der Waals surface area contributed by atoms with E-state index in [-0.39, 0.29) is 11.8 Å². The maximum Gasteiger partial charge on any atom is 0.257 e. The first-order valence-corrected chi connectivity index (χ1v) is 8.01. The monoisotopic (exact) mass is 324 g/mol. The summed E-state index contributed by atoms with van der Waals surface area (Å²) in [6.07, 6.45) is 5.72. The molecule has 0 atom stereocenters. The molecule has 24 heavy (non-hydrogen) atoms. The molecule has 0 saturated carbocycles. The number of aromatic nitrogens is 1. The van der Waals surface area contributed by atoms with Crippen molar-refractivity contribution in [2.24, 2.45) is 0 Å². The van der Waals surface area contributed by atoms with E-state index in [4.69, 9.17) is 0 Å². The average Bonchev–Trinajstić information content (AvgIpc) is 3.11. The highest BCUT2D eigenvalue weighted by Gasteiger charge is 2.15. The molecule has 1 fully saturated rings. The van der Waals surface area contributed by atoms with Crippen LogP contribution in [0.25, 0.3) is 0 Å². The van der Waals surface area contributed by atoms with Crippen LogP contribution < -0.4 is 15.5 Å². The number of hydrogen-bond donors (Lipinski definition) is 2. The van der Waals surface area contributed by atoms with E-state index in [2.05, 4.69) is 20.5 Å². The van der Waals surface area contributed by atoms with Crippen molar-refractivity contribution in [1.82, 2.24) is 4.98 Å². The van der Waals surface area contributed by atoms with Crippen molar-refractivity contribution in [3.05, 3.63) is 48.3 Å². The minimum Gasteiger partial charge on any atom is -0.370 e. The number of pyridine rings is 1. The first-order chi connectivity index (χ1) is 11.6. The van der Waals surface area contributed by atoms with Gasteiger partial charge in [-0.1, -0.05) is 0 Å². The molecule has 6 nitrogen and oxygen atoms in total. The smallest absolute Gasteiger partial charge is 0.257 e. The van der Waals surface area contributed by atoms with Crippen LogP contribution >= 0.6 is 0 Å². The first-order valence-electron chi connectivity index (χ1n) is 8.01. The van der Waals surface area contributed by atoms with Crippen LogP contribution in [-0.2, 0) is 4.79 Å². The molecular weight excluding hydrogens is 304 g/mol. The van der Waals surface area contributed by atoms with E-state index in [0.29, 0.717) is 16.9 Å². The molecule has 2 amide bonds. The van der Waals surface area contributed by atoms with E-state index in [1.54, 1.807) is 36.7 Å². The molecule has 0 unspecified atom stereocenters. The van der Waals surface area contributed by atoms with E-state index in [1.165, 1.54) is 19.8 Å². The third kappa shape index (κ3) is 3.90. The van der Waals surface area contributed by atoms with E-state index in [1.807, 2.05) is 6.07 Å².